The molecular formula is C9H18N2O3. The minimum absolute atomic E-state index is 0.00551. The molecule has 4 N–H and O–H groups in total. The number of rotatable bonds is 4. The summed E-state index contributed by atoms with van der Waals surface area (Å²) in [5.41, 5.74) is 5.31. The minimum Gasteiger partial charge on any atom is -0.388 e. The van der Waals surface area contributed by atoms with Gasteiger partial charge < -0.3 is 20.8 Å². The summed E-state index contributed by atoms with van der Waals surface area (Å²) in [6.45, 7) is 1.10. The molecule has 1 heterocycles. The molecule has 0 bridgehead atoms. The number of likely N-dealkylation sites (tertiary alicyclic amines) is 1. The Morgan fingerprint density at radius 3 is 2.36 bits per heavy atom. The van der Waals surface area contributed by atoms with Crippen molar-refractivity contribution < 1.29 is 15.0 Å². The Morgan fingerprint density at radius 1 is 1.29 bits per heavy atom. The second-order valence-corrected chi connectivity index (χ2v) is 3.68. The fourth-order valence-electron chi connectivity index (χ4n) is 1.55. The van der Waals surface area contributed by atoms with Crippen molar-refractivity contribution in [2.24, 2.45) is 5.73 Å². The highest BCUT2D eigenvalue weighted by Crippen LogP contribution is 2.12. The van der Waals surface area contributed by atoms with Crippen molar-refractivity contribution in [3.05, 3.63) is 0 Å². The first kappa shape index (κ1) is 11.4. The first-order valence-corrected chi connectivity index (χ1v) is 4.99. The Balaban J connectivity index is 2.25. The van der Waals surface area contributed by atoms with Crippen molar-refractivity contribution in [1.29, 1.82) is 0 Å². The van der Waals surface area contributed by atoms with E-state index < -0.39 is 12.2 Å². The Hall–Kier alpha value is -0.650. The smallest absolute Gasteiger partial charge is 0.222 e. The van der Waals surface area contributed by atoms with E-state index in [1.807, 2.05) is 0 Å². The van der Waals surface area contributed by atoms with Crippen LogP contribution in [0.2, 0.25) is 0 Å². The molecule has 0 spiro atoms. The fourth-order valence-corrected chi connectivity index (χ4v) is 1.55. The van der Waals surface area contributed by atoms with Gasteiger partial charge in [-0.3, -0.25) is 4.79 Å². The molecule has 0 aromatic rings. The molecule has 2 unspecified atom stereocenters. The van der Waals surface area contributed by atoms with Gasteiger partial charge in [0.05, 0.1) is 12.2 Å². The van der Waals surface area contributed by atoms with E-state index in [1.165, 1.54) is 4.90 Å². The van der Waals surface area contributed by atoms with Crippen molar-refractivity contribution in [3.63, 3.8) is 0 Å². The van der Waals surface area contributed by atoms with Crippen molar-refractivity contribution in [1.82, 2.24) is 4.90 Å². The summed E-state index contributed by atoms with van der Waals surface area (Å²) in [5, 5.41) is 18.4. The molecule has 1 amide bonds. The average Bonchev–Trinajstić information content (AvgIpc) is 2.47. The van der Waals surface area contributed by atoms with Gasteiger partial charge in [-0.05, 0) is 19.4 Å². The predicted molar refractivity (Wildman–Crippen MR) is 51.5 cm³/mol. The van der Waals surface area contributed by atoms with E-state index in [2.05, 4.69) is 0 Å². The number of β-amino-alcohol motifs (C(OH)–C–C–N with tert-alkyl or cyclic N) is 2. The minimum atomic E-state index is -0.784. The number of aliphatic hydroxyl groups excluding tert-OH is 2. The largest absolute Gasteiger partial charge is 0.388 e. The Kier molecular flexibility index (Phi) is 4.31. The van der Waals surface area contributed by atoms with Crippen molar-refractivity contribution in [2.75, 3.05) is 19.6 Å². The van der Waals surface area contributed by atoms with Crippen molar-refractivity contribution in [2.45, 2.75) is 31.5 Å². The van der Waals surface area contributed by atoms with Crippen LogP contribution in [0.5, 0.6) is 0 Å². The molecule has 2 atom stereocenters. The number of carbonyl (C=O) groups excluding carboxylic acids is 1. The van der Waals surface area contributed by atoms with Gasteiger partial charge >= 0.3 is 0 Å². The number of hydrogen-bond donors (Lipinski definition) is 3. The highest BCUT2D eigenvalue weighted by Gasteiger charge is 2.31. The molecule has 1 rings (SSSR count). The normalized spacial score (nSPS) is 26.9. The van der Waals surface area contributed by atoms with Crippen LogP contribution in [0.4, 0.5) is 0 Å². The molecule has 0 aromatic carbocycles. The Labute approximate surface area is 83.5 Å². The lowest BCUT2D eigenvalue weighted by Gasteiger charge is -2.14. The lowest BCUT2D eigenvalue weighted by Crippen LogP contribution is -2.29. The molecule has 0 aliphatic carbocycles. The van der Waals surface area contributed by atoms with Crippen LogP contribution in [0.1, 0.15) is 19.3 Å². The second kappa shape index (κ2) is 5.29. The number of nitrogens with zero attached hydrogens (tertiary/aromatic N) is 1. The SMILES string of the molecule is NCCCCC(=O)N1CC(O)C(O)C1. The molecule has 5 nitrogen and oxygen atoms in total. The summed E-state index contributed by atoms with van der Waals surface area (Å²) in [6, 6.07) is 0. The monoisotopic (exact) mass is 202 g/mol. The highest BCUT2D eigenvalue weighted by molar-refractivity contribution is 5.76. The fraction of sp³-hybridized carbons (Fsp3) is 0.889. The summed E-state index contributed by atoms with van der Waals surface area (Å²) in [7, 11) is 0. The predicted octanol–water partition coefficient (Wildman–Crippen LogP) is -1.32. The quantitative estimate of drug-likeness (QED) is 0.493. The zero-order valence-electron chi connectivity index (χ0n) is 8.22. The third-order valence-corrected chi connectivity index (χ3v) is 2.46. The van der Waals surface area contributed by atoms with Crippen molar-refractivity contribution in [3.8, 4) is 0 Å². The van der Waals surface area contributed by atoms with Crippen LogP contribution in [-0.2, 0) is 4.79 Å². The number of unbranched alkanes of at least 4 members (excludes halogenated alkanes) is 1. The van der Waals surface area contributed by atoms with E-state index in [1.54, 1.807) is 0 Å². The van der Waals surface area contributed by atoms with Crippen LogP contribution in [0.25, 0.3) is 0 Å². The lowest BCUT2D eigenvalue weighted by atomic mass is 10.2. The second-order valence-electron chi connectivity index (χ2n) is 3.68. The maximum atomic E-state index is 11.5. The maximum absolute atomic E-state index is 11.5. The number of amides is 1. The third kappa shape index (κ3) is 2.94. The number of carbonyl (C=O) groups is 1. The average molecular weight is 202 g/mol. The molecule has 1 aliphatic heterocycles. The van der Waals surface area contributed by atoms with Gasteiger partial charge in [0, 0.05) is 19.5 Å². The maximum Gasteiger partial charge on any atom is 0.222 e. The van der Waals surface area contributed by atoms with Gasteiger partial charge in [0.2, 0.25) is 5.91 Å². The summed E-state index contributed by atoms with van der Waals surface area (Å²) in [6.07, 6.45) is 0.501. The third-order valence-electron chi connectivity index (χ3n) is 2.46. The van der Waals surface area contributed by atoms with Gasteiger partial charge in [0.1, 0.15) is 0 Å². The van der Waals surface area contributed by atoms with Crippen LogP contribution >= 0.6 is 0 Å². The summed E-state index contributed by atoms with van der Waals surface area (Å²) in [4.78, 5) is 13.0. The molecule has 0 aromatic heterocycles. The molecule has 1 fully saturated rings. The summed E-state index contributed by atoms with van der Waals surface area (Å²) in [5.74, 6) is -0.00551. The van der Waals surface area contributed by atoms with Gasteiger partial charge in [-0.25, -0.2) is 0 Å². The topological polar surface area (TPSA) is 86.8 Å². The molecule has 1 aliphatic rings. The molecule has 82 valence electrons. The summed E-state index contributed by atoms with van der Waals surface area (Å²) >= 11 is 0. The van der Waals surface area contributed by atoms with Crippen LogP contribution in [0, 0.1) is 0 Å². The van der Waals surface area contributed by atoms with E-state index >= 15 is 0 Å². The molecule has 5 heteroatoms. The van der Waals surface area contributed by atoms with Gasteiger partial charge in [-0.15, -0.1) is 0 Å². The van der Waals surface area contributed by atoms with Crippen LogP contribution < -0.4 is 5.73 Å². The lowest BCUT2D eigenvalue weighted by molar-refractivity contribution is -0.130. The zero-order chi connectivity index (χ0) is 10.6. The molecular weight excluding hydrogens is 184 g/mol. The number of nitrogens with two attached hydrogens (primary N) is 1. The van der Waals surface area contributed by atoms with Crippen LogP contribution in [0.3, 0.4) is 0 Å². The molecule has 0 radical (unpaired) electrons. The molecule has 1 saturated heterocycles. The van der Waals surface area contributed by atoms with E-state index in [-0.39, 0.29) is 19.0 Å². The van der Waals surface area contributed by atoms with E-state index in [0.717, 1.165) is 12.8 Å². The Morgan fingerprint density at radius 2 is 1.86 bits per heavy atom. The molecule has 14 heavy (non-hydrogen) atoms. The highest BCUT2D eigenvalue weighted by atomic mass is 16.3. The number of aliphatic hydroxyl groups is 2. The first-order valence-electron chi connectivity index (χ1n) is 4.99. The van der Waals surface area contributed by atoms with Gasteiger partial charge in [-0.2, -0.15) is 0 Å². The standard InChI is InChI=1S/C9H18N2O3/c10-4-2-1-3-9(14)11-5-7(12)8(13)6-11/h7-8,12-13H,1-6,10H2. The van der Waals surface area contributed by atoms with Crippen LogP contribution in [0.15, 0.2) is 0 Å². The Bertz CT molecular complexity index is 188. The summed E-state index contributed by atoms with van der Waals surface area (Å²) < 4.78 is 0. The zero-order valence-corrected chi connectivity index (χ0v) is 8.22. The first-order chi connectivity index (χ1) is 6.65. The van der Waals surface area contributed by atoms with Gasteiger partial charge in [0.25, 0.3) is 0 Å². The van der Waals surface area contributed by atoms with Crippen molar-refractivity contribution >= 4 is 5.91 Å². The van der Waals surface area contributed by atoms with E-state index in [0.29, 0.717) is 13.0 Å². The van der Waals surface area contributed by atoms with Gasteiger partial charge in [0.15, 0.2) is 0 Å². The van der Waals surface area contributed by atoms with E-state index in [4.69, 9.17) is 5.73 Å². The number of hydrogen-bond acceptors (Lipinski definition) is 4. The molecule has 0 saturated carbocycles. The van der Waals surface area contributed by atoms with Crippen LogP contribution in [-0.4, -0.2) is 52.9 Å². The van der Waals surface area contributed by atoms with E-state index in [9.17, 15) is 15.0 Å². The van der Waals surface area contributed by atoms with Gasteiger partial charge in [-0.1, -0.05) is 0 Å².